The van der Waals surface area contributed by atoms with Gasteiger partial charge in [0.15, 0.2) is 0 Å². The molecule has 0 unspecified atom stereocenters. The van der Waals surface area contributed by atoms with Crippen molar-refractivity contribution in [2.24, 2.45) is 0 Å². The quantitative estimate of drug-likeness (QED) is 0.571. The van der Waals surface area contributed by atoms with Crippen LogP contribution >= 0.6 is 0 Å². The number of nitrogens with zero attached hydrogens (tertiary/aromatic N) is 1. The number of rotatable bonds is 6. The number of hydrogen-bond acceptors (Lipinski definition) is 3. The van der Waals surface area contributed by atoms with Crippen LogP contribution < -0.4 is 5.32 Å². The Balaban J connectivity index is 2.12. The smallest absolute Gasteiger partial charge is 0.409 e. The van der Waals surface area contributed by atoms with Crippen LogP contribution in [0.1, 0.15) is 32.6 Å². The third-order valence-corrected chi connectivity index (χ3v) is 3.04. The molecular formula is C13H24N2O2. The fourth-order valence-electron chi connectivity index (χ4n) is 2.03. The predicted octanol–water partition coefficient (Wildman–Crippen LogP) is 2.16. The van der Waals surface area contributed by atoms with E-state index in [4.69, 9.17) is 4.74 Å². The number of allylic oxidation sites excluding steroid dienone is 1. The van der Waals surface area contributed by atoms with Crippen LogP contribution in [0.4, 0.5) is 4.79 Å². The number of amides is 1. The summed E-state index contributed by atoms with van der Waals surface area (Å²) in [6.45, 7) is 8.65. The Morgan fingerprint density at radius 1 is 1.53 bits per heavy atom. The average molecular weight is 240 g/mol. The van der Waals surface area contributed by atoms with E-state index < -0.39 is 0 Å². The highest BCUT2D eigenvalue weighted by Crippen LogP contribution is 2.11. The van der Waals surface area contributed by atoms with Gasteiger partial charge in [-0.15, -0.1) is 6.58 Å². The largest absolute Gasteiger partial charge is 0.450 e. The number of carbonyl (C=O) groups is 1. The van der Waals surface area contributed by atoms with Crippen LogP contribution in [-0.2, 0) is 4.74 Å². The summed E-state index contributed by atoms with van der Waals surface area (Å²) in [7, 11) is 0. The van der Waals surface area contributed by atoms with Gasteiger partial charge in [0.25, 0.3) is 0 Å². The minimum absolute atomic E-state index is 0.169. The second-order valence-corrected chi connectivity index (χ2v) is 4.35. The van der Waals surface area contributed by atoms with Crippen molar-refractivity contribution in [3.05, 3.63) is 12.7 Å². The molecule has 0 aromatic carbocycles. The summed E-state index contributed by atoms with van der Waals surface area (Å²) in [6.07, 6.45) is 6.03. The van der Waals surface area contributed by atoms with Crippen molar-refractivity contribution in [3.8, 4) is 0 Å². The summed E-state index contributed by atoms with van der Waals surface area (Å²) < 4.78 is 4.99. The Morgan fingerprint density at radius 3 is 2.82 bits per heavy atom. The molecule has 0 spiro atoms. The van der Waals surface area contributed by atoms with E-state index in [0.29, 0.717) is 12.6 Å². The fourth-order valence-corrected chi connectivity index (χ4v) is 2.03. The Labute approximate surface area is 104 Å². The van der Waals surface area contributed by atoms with Gasteiger partial charge in [0.2, 0.25) is 0 Å². The van der Waals surface area contributed by atoms with E-state index in [1.165, 1.54) is 0 Å². The lowest BCUT2D eigenvalue weighted by Crippen LogP contribution is -2.45. The Hall–Kier alpha value is -1.03. The highest BCUT2D eigenvalue weighted by molar-refractivity contribution is 5.67. The molecule has 4 nitrogen and oxygen atoms in total. The molecule has 0 atom stereocenters. The van der Waals surface area contributed by atoms with Crippen molar-refractivity contribution in [2.45, 2.75) is 38.6 Å². The first kappa shape index (κ1) is 14.0. The molecule has 0 bridgehead atoms. The van der Waals surface area contributed by atoms with Crippen LogP contribution in [0.5, 0.6) is 0 Å². The van der Waals surface area contributed by atoms with E-state index in [1.807, 2.05) is 13.0 Å². The van der Waals surface area contributed by atoms with Crippen LogP contribution in [0.15, 0.2) is 12.7 Å². The summed E-state index contributed by atoms with van der Waals surface area (Å²) in [5, 5.41) is 3.52. The zero-order chi connectivity index (χ0) is 12.5. The summed E-state index contributed by atoms with van der Waals surface area (Å²) in [6, 6.07) is 0.547. The topological polar surface area (TPSA) is 41.6 Å². The maximum atomic E-state index is 11.5. The second-order valence-electron chi connectivity index (χ2n) is 4.35. The number of carbonyl (C=O) groups excluding carboxylic acids is 1. The normalized spacial score (nSPS) is 16.9. The van der Waals surface area contributed by atoms with Crippen molar-refractivity contribution >= 4 is 6.09 Å². The van der Waals surface area contributed by atoms with Crippen molar-refractivity contribution < 1.29 is 9.53 Å². The number of unbranched alkanes of at least 4 members (excludes halogenated alkanes) is 1. The van der Waals surface area contributed by atoms with E-state index in [0.717, 1.165) is 45.3 Å². The molecule has 0 radical (unpaired) electrons. The minimum Gasteiger partial charge on any atom is -0.450 e. The van der Waals surface area contributed by atoms with Crippen molar-refractivity contribution in [3.63, 3.8) is 0 Å². The lowest BCUT2D eigenvalue weighted by Gasteiger charge is -2.31. The Kier molecular flexibility index (Phi) is 6.70. The molecule has 1 saturated heterocycles. The summed E-state index contributed by atoms with van der Waals surface area (Å²) in [5.41, 5.74) is 0. The summed E-state index contributed by atoms with van der Waals surface area (Å²) in [4.78, 5) is 13.3. The number of hydrogen-bond donors (Lipinski definition) is 1. The van der Waals surface area contributed by atoms with Crippen LogP contribution in [0, 0.1) is 0 Å². The average Bonchev–Trinajstić information content (AvgIpc) is 2.36. The molecule has 1 heterocycles. The monoisotopic (exact) mass is 240 g/mol. The van der Waals surface area contributed by atoms with Crippen molar-refractivity contribution in [1.82, 2.24) is 10.2 Å². The second kappa shape index (κ2) is 8.12. The Morgan fingerprint density at radius 2 is 2.24 bits per heavy atom. The first-order chi connectivity index (χ1) is 8.27. The summed E-state index contributed by atoms with van der Waals surface area (Å²) >= 11 is 0. The van der Waals surface area contributed by atoms with E-state index in [2.05, 4.69) is 11.9 Å². The molecule has 98 valence electrons. The molecule has 1 fully saturated rings. The molecule has 1 aliphatic heterocycles. The zero-order valence-electron chi connectivity index (χ0n) is 10.8. The van der Waals surface area contributed by atoms with Gasteiger partial charge < -0.3 is 15.0 Å². The van der Waals surface area contributed by atoms with E-state index in [1.54, 1.807) is 4.90 Å². The van der Waals surface area contributed by atoms with Gasteiger partial charge in [-0.1, -0.05) is 6.08 Å². The van der Waals surface area contributed by atoms with E-state index in [9.17, 15) is 4.79 Å². The lowest BCUT2D eigenvalue weighted by atomic mass is 10.1. The molecule has 1 rings (SSSR count). The SMILES string of the molecule is C=CCCCNC1CCN(C(=O)OCC)CC1. The van der Waals surface area contributed by atoms with Gasteiger partial charge >= 0.3 is 6.09 Å². The van der Waals surface area contributed by atoms with Crippen LogP contribution in [-0.4, -0.2) is 43.3 Å². The number of piperidine rings is 1. The van der Waals surface area contributed by atoms with Gasteiger partial charge in [-0.3, -0.25) is 0 Å². The zero-order valence-corrected chi connectivity index (χ0v) is 10.8. The van der Waals surface area contributed by atoms with E-state index in [-0.39, 0.29) is 6.09 Å². The molecule has 0 saturated carbocycles. The number of nitrogens with one attached hydrogen (secondary N) is 1. The van der Waals surface area contributed by atoms with Crippen LogP contribution in [0.3, 0.4) is 0 Å². The lowest BCUT2D eigenvalue weighted by molar-refractivity contribution is 0.0951. The molecule has 4 heteroatoms. The van der Waals surface area contributed by atoms with Crippen LogP contribution in [0.25, 0.3) is 0 Å². The molecule has 1 aliphatic rings. The third kappa shape index (κ3) is 5.22. The minimum atomic E-state index is -0.169. The van der Waals surface area contributed by atoms with Crippen molar-refractivity contribution in [1.29, 1.82) is 0 Å². The third-order valence-electron chi connectivity index (χ3n) is 3.04. The molecule has 1 N–H and O–H groups in total. The van der Waals surface area contributed by atoms with Gasteiger partial charge in [-0.05, 0) is 39.2 Å². The maximum absolute atomic E-state index is 11.5. The summed E-state index contributed by atoms with van der Waals surface area (Å²) in [5.74, 6) is 0. The van der Waals surface area contributed by atoms with Crippen molar-refractivity contribution in [2.75, 3.05) is 26.2 Å². The Bertz CT molecular complexity index is 236. The molecule has 0 aliphatic carbocycles. The molecule has 0 aromatic heterocycles. The maximum Gasteiger partial charge on any atom is 0.409 e. The first-order valence-corrected chi connectivity index (χ1v) is 6.54. The molecule has 0 aromatic rings. The fraction of sp³-hybridized carbons (Fsp3) is 0.769. The van der Waals surface area contributed by atoms with Crippen LogP contribution in [0.2, 0.25) is 0 Å². The van der Waals surface area contributed by atoms with Gasteiger partial charge in [-0.25, -0.2) is 4.79 Å². The highest BCUT2D eigenvalue weighted by atomic mass is 16.6. The van der Waals surface area contributed by atoms with Gasteiger partial charge in [-0.2, -0.15) is 0 Å². The van der Waals surface area contributed by atoms with Gasteiger partial charge in [0.1, 0.15) is 0 Å². The molecule has 17 heavy (non-hydrogen) atoms. The van der Waals surface area contributed by atoms with E-state index >= 15 is 0 Å². The predicted molar refractivity (Wildman–Crippen MR) is 69.1 cm³/mol. The first-order valence-electron chi connectivity index (χ1n) is 6.54. The van der Waals surface area contributed by atoms with Gasteiger partial charge in [0.05, 0.1) is 6.61 Å². The highest BCUT2D eigenvalue weighted by Gasteiger charge is 2.22. The number of ether oxygens (including phenoxy) is 1. The molecule has 1 amide bonds. The number of likely N-dealkylation sites (tertiary alicyclic amines) is 1. The molecular weight excluding hydrogens is 216 g/mol. The van der Waals surface area contributed by atoms with Gasteiger partial charge in [0, 0.05) is 19.1 Å². The standard InChI is InChI=1S/C13H24N2O2/c1-3-5-6-9-14-12-7-10-15(11-8-12)13(16)17-4-2/h3,12,14H,1,4-11H2,2H3.